The van der Waals surface area contributed by atoms with Gasteiger partial charge in [-0.25, -0.2) is 0 Å². The summed E-state index contributed by atoms with van der Waals surface area (Å²) in [6.07, 6.45) is 6.54. The van der Waals surface area contributed by atoms with Crippen LogP contribution >= 0.6 is 0 Å². The molecule has 4 nitrogen and oxygen atoms in total. The van der Waals surface area contributed by atoms with E-state index >= 15 is 0 Å². The topological polar surface area (TPSA) is 36.9 Å². The van der Waals surface area contributed by atoms with E-state index in [2.05, 4.69) is 0 Å². The van der Waals surface area contributed by atoms with Gasteiger partial charge in [0, 0.05) is 39.3 Å². The van der Waals surface area contributed by atoms with Gasteiger partial charge < -0.3 is 18.9 Å². The summed E-state index contributed by atoms with van der Waals surface area (Å²) in [5.74, 6) is 0. The van der Waals surface area contributed by atoms with Gasteiger partial charge in [-0.15, -0.1) is 0 Å². The van der Waals surface area contributed by atoms with Gasteiger partial charge in [0.05, 0.1) is 0 Å². The Kier molecular flexibility index (Phi) is 5.55. The van der Waals surface area contributed by atoms with Crippen LogP contribution in [0.15, 0.2) is 0 Å². The first-order chi connectivity index (χ1) is 7.95. The Morgan fingerprint density at radius 2 is 1.31 bits per heavy atom. The second-order valence-electron chi connectivity index (χ2n) is 4.33. The van der Waals surface area contributed by atoms with Gasteiger partial charge in [0.25, 0.3) is 0 Å². The average molecular weight is 230 g/mol. The summed E-state index contributed by atoms with van der Waals surface area (Å²) in [5.41, 5.74) is 0. The molecule has 2 atom stereocenters. The van der Waals surface area contributed by atoms with E-state index in [1.807, 2.05) is 0 Å². The molecule has 0 aromatic carbocycles. The predicted octanol–water partition coefficient (Wildman–Crippen LogP) is 2.07. The minimum Gasteiger partial charge on any atom is -0.353 e. The van der Waals surface area contributed by atoms with Crippen LogP contribution in [0.1, 0.15) is 38.5 Å². The fourth-order valence-electron chi connectivity index (χ4n) is 1.99. The van der Waals surface area contributed by atoms with Crippen LogP contribution in [0.4, 0.5) is 0 Å². The second-order valence-corrected chi connectivity index (χ2v) is 4.33. The maximum Gasteiger partial charge on any atom is 0.157 e. The largest absolute Gasteiger partial charge is 0.353 e. The van der Waals surface area contributed by atoms with Gasteiger partial charge in [0.2, 0.25) is 0 Å². The van der Waals surface area contributed by atoms with Gasteiger partial charge in [0.15, 0.2) is 12.6 Å². The smallest absolute Gasteiger partial charge is 0.157 e. The Morgan fingerprint density at radius 1 is 0.812 bits per heavy atom. The van der Waals surface area contributed by atoms with E-state index in [4.69, 9.17) is 18.9 Å². The molecule has 2 rings (SSSR count). The molecule has 0 radical (unpaired) electrons. The normalized spacial score (nSPS) is 30.0. The van der Waals surface area contributed by atoms with Gasteiger partial charge in [-0.1, -0.05) is 0 Å². The summed E-state index contributed by atoms with van der Waals surface area (Å²) in [6, 6.07) is 0. The van der Waals surface area contributed by atoms with Gasteiger partial charge in [0.1, 0.15) is 0 Å². The minimum atomic E-state index is 0.0547. The van der Waals surface area contributed by atoms with Crippen molar-refractivity contribution in [2.45, 2.75) is 51.1 Å². The molecule has 0 N–H and O–H groups in total. The van der Waals surface area contributed by atoms with Crippen molar-refractivity contribution >= 4 is 0 Å². The Hall–Kier alpha value is -0.160. The predicted molar refractivity (Wildman–Crippen MR) is 59.1 cm³/mol. The first kappa shape index (κ1) is 12.3. The van der Waals surface area contributed by atoms with Crippen LogP contribution in [0, 0.1) is 0 Å². The minimum absolute atomic E-state index is 0.0547. The highest BCUT2D eigenvalue weighted by Gasteiger charge is 2.16. The first-order valence-electron chi connectivity index (χ1n) is 6.41. The van der Waals surface area contributed by atoms with Crippen LogP contribution in [-0.2, 0) is 18.9 Å². The van der Waals surface area contributed by atoms with Gasteiger partial charge >= 0.3 is 0 Å². The zero-order valence-corrected chi connectivity index (χ0v) is 9.86. The molecule has 2 aliphatic rings. The standard InChI is InChI=1S/C12H22O4/c1(7-13-11-5-3-9-15-11)2-8-14-12-6-4-10-16-12/h11-12H,1-10H2/t11-,12-/m1/s1. The van der Waals surface area contributed by atoms with Crippen molar-refractivity contribution in [1.82, 2.24) is 0 Å². The number of rotatable bonds is 7. The summed E-state index contributed by atoms with van der Waals surface area (Å²) in [4.78, 5) is 0. The van der Waals surface area contributed by atoms with Crippen LogP contribution in [0.2, 0.25) is 0 Å². The van der Waals surface area contributed by atoms with Crippen molar-refractivity contribution in [3.8, 4) is 0 Å². The lowest BCUT2D eigenvalue weighted by molar-refractivity contribution is -0.121. The van der Waals surface area contributed by atoms with Crippen molar-refractivity contribution in [2.24, 2.45) is 0 Å². The van der Waals surface area contributed by atoms with Crippen molar-refractivity contribution in [3.63, 3.8) is 0 Å². The van der Waals surface area contributed by atoms with E-state index in [1.54, 1.807) is 0 Å². The van der Waals surface area contributed by atoms with Crippen molar-refractivity contribution in [2.75, 3.05) is 26.4 Å². The van der Waals surface area contributed by atoms with Crippen LogP contribution in [0.3, 0.4) is 0 Å². The molecule has 16 heavy (non-hydrogen) atoms. The molecule has 2 heterocycles. The van der Waals surface area contributed by atoms with Crippen LogP contribution in [-0.4, -0.2) is 39.0 Å². The molecule has 0 aromatic heterocycles. The number of hydrogen-bond donors (Lipinski definition) is 0. The maximum absolute atomic E-state index is 5.57. The lowest BCUT2D eigenvalue weighted by Gasteiger charge is -2.12. The van der Waals surface area contributed by atoms with E-state index < -0.39 is 0 Å². The molecule has 2 fully saturated rings. The molecule has 2 saturated heterocycles. The van der Waals surface area contributed by atoms with E-state index in [-0.39, 0.29) is 12.6 Å². The van der Waals surface area contributed by atoms with Crippen LogP contribution < -0.4 is 0 Å². The third-order valence-electron chi connectivity index (χ3n) is 2.92. The zero-order valence-electron chi connectivity index (χ0n) is 9.86. The Balaban J connectivity index is 1.37. The van der Waals surface area contributed by atoms with Gasteiger partial charge in [-0.05, 0) is 25.7 Å². The third kappa shape index (κ3) is 4.37. The quantitative estimate of drug-likeness (QED) is 0.627. The molecular formula is C12H22O4. The lowest BCUT2D eigenvalue weighted by atomic mass is 10.3. The average Bonchev–Trinajstić information content (AvgIpc) is 2.96. The highest BCUT2D eigenvalue weighted by atomic mass is 16.7. The second kappa shape index (κ2) is 7.22. The summed E-state index contributed by atoms with van der Waals surface area (Å²) >= 11 is 0. The number of unbranched alkanes of at least 4 members (excludes halogenated alkanes) is 1. The summed E-state index contributed by atoms with van der Waals surface area (Å²) in [6.45, 7) is 3.26. The van der Waals surface area contributed by atoms with E-state index in [0.717, 1.165) is 65.0 Å². The SMILES string of the molecule is C(CCO[C@H]1CCCO1)CO[C@H]1CCCO1. The number of hydrogen-bond acceptors (Lipinski definition) is 4. The Labute approximate surface area is 97.2 Å². The number of ether oxygens (including phenoxy) is 4. The summed E-state index contributed by atoms with van der Waals surface area (Å²) in [7, 11) is 0. The molecule has 0 bridgehead atoms. The molecule has 0 saturated carbocycles. The van der Waals surface area contributed by atoms with Crippen LogP contribution in [0.5, 0.6) is 0 Å². The van der Waals surface area contributed by atoms with Crippen molar-refractivity contribution < 1.29 is 18.9 Å². The highest BCUT2D eigenvalue weighted by Crippen LogP contribution is 2.15. The van der Waals surface area contributed by atoms with E-state index in [1.165, 1.54) is 0 Å². The first-order valence-corrected chi connectivity index (χ1v) is 6.41. The van der Waals surface area contributed by atoms with Gasteiger partial charge in [-0.2, -0.15) is 0 Å². The van der Waals surface area contributed by atoms with Gasteiger partial charge in [-0.3, -0.25) is 0 Å². The molecule has 0 aromatic rings. The molecule has 0 unspecified atom stereocenters. The molecular weight excluding hydrogens is 208 g/mol. The molecule has 0 amide bonds. The van der Waals surface area contributed by atoms with Crippen molar-refractivity contribution in [1.29, 1.82) is 0 Å². The molecule has 2 aliphatic heterocycles. The van der Waals surface area contributed by atoms with Crippen LogP contribution in [0.25, 0.3) is 0 Å². The fraction of sp³-hybridized carbons (Fsp3) is 1.00. The van der Waals surface area contributed by atoms with Crippen molar-refractivity contribution in [3.05, 3.63) is 0 Å². The fourth-order valence-corrected chi connectivity index (χ4v) is 1.99. The van der Waals surface area contributed by atoms with E-state index in [0.29, 0.717) is 0 Å². The zero-order chi connectivity index (χ0) is 11.1. The molecule has 0 spiro atoms. The highest BCUT2D eigenvalue weighted by molar-refractivity contribution is 4.55. The Bertz CT molecular complexity index is 154. The third-order valence-corrected chi connectivity index (χ3v) is 2.92. The summed E-state index contributed by atoms with van der Waals surface area (Å²) < 4.78 is 21.9. The molecule has 0 aliphatic carbocycles. The maximum atomic E-state index is 5.57. The monoisotopic (exact) mass is 230 g/mol. The molecule has 4 heteroatoms. The Morgan fingerprint density at radius 3 is 1.69 bits per heavy atom. The van der Waals surface area contributed by atoms with E-state index in [9.17, 15) is 0 Å². The molecule has 94 valence electrons. The lowest BCUT2D eigenvalue weighted by Crippen LogP contribution is -2.13. The summed E-state index contributed by atoms with van der Waals surface area (Å²) in [5, 5.41) is 0.